The van der Waals surface area contributed by atoms with E-state index in [1.807, 2.05) is 0 Å². The Morgan fingerprint density at radius 2 is 2.20 bits per heavy atom. The molecule has 0 aliphatic carbocycles. The van der Waals surface area contributed by atoms with E-state index in [0.29, 0.717) is 6.61 Å². The quantitative estimate of drug-likeness (QED) is 0.710. The predicted octanol–water partition coefficient (Wildman–Crippen LogP) is 3.10. The zero-order valence-corrected chi connectivity index (χ0v) is 9.37. The van der Waals surface area contributed by atoms with Crippen LogP contribution in [0.25, 0.3) is 0 Å². The van der Waals surface area contributed by atoms with Crippen LogP contribution in [0.2, 0.25) is 0 Å². The average Bonchev–Trinajstić information content (AvgIpc) is 2.18. The van der Waals surface area contributed by atoms with Gasteiger partial charge in [-0.25, -0.2) is 0 Å². The lowest BCUT2D eigenvalue weighted by molar-refractivity contribution is -0.0471. The highest BCUT2D eigenvalue weighted by molar-refractivity contribution is 8.11. The summed E-state index contributed by atoms with van der Waals surface area (Å²) in [7, 11) is -2.06. The van der Waals surface area contributed by atoms with Crippen LogP contribution in [0.3, 0.4) is 0 Å². The monoisotopic (exact) mass is 244 g/mol. The number of hydrogen-bond donors (Lipinski definition) is 0. The topological polar surface area (TPSA) is 18.5 Å². The normalized spacial score (nSPS) is 25.5. The van der Waals surface area contributed by atoms with Gasteiger partial charge in [0.15, 0.2) is 0 Å². The second-order valence-electron chi connectivity index (χ2n) is 3.25. The van der Waals surface area contributed by atoms with E-state index in [-0.39, 0.29) is 12.7 Å². The van der Waals surface area contributed by atoms with Crippen LogP contribution >= 0.6 is 10.8 Å². The highest BCUT2D eigenvalue weighted by Gasteiger charge is 2.33. The first-order chi connectivity index (χ1) is 7.04. The molecule has 0 aromatic rings. The van der Waals surface area contributed by atoms with E-state index in [1.165, 1.54) is 6.92 Å². The molecule has 6 heteroatoms. The molecule has 1 fully saturated rings. The molecule has 1 heterocycles. The van der Waals surface area contributed by atoms with Crippen LogP contribution in [0.4, 0.5) is 13.2 Å². The smallest absolute Gasteiger partial charge is 0.376 e. The third kappa shape index (κ3) is 4.53. The van der Waals surface area contributed by atoms with Gasteiger partial charge < -0.3 is 8.92 Å². The summed E-state index contributed by atoms with van der Waals surface area (Å²) in [5, 5.41) is 1.04. The van der Waals surface area contributed by atoms with Crippen LogP contribution in [-0.2, 0) is 8.92 Å². The highest BCUT2D eigenvalue weighted by Crippen LogP contribution is 2.38. The van der Waals surface area contributed by atoms with Gasteiger partial charge in [0.2, 0.25) is 0 Å². The van der Waals surface area contributed by atoms with Gasteiger partial charge in [-0.15, -0.1) is 0 Å². The maximum atomic E-state index is 12.3. The maximum absolute atomic E-state index is 12.3. The molecular weight excluding hydrogens is 229 g/mol. The standard InChI is InChI=1S/C9H15F3O2S/c1-2-15(9(10,11)12)14-7-8-5-3-4-6-13-8/h2,8H,3-7H2,1H3/t8-,15?/m1/s1. The molecule has 2 atom stereocenters. The van der Waals surface area contributed by atoms with Gasteiger partial charge in [0, 0.05) is 17.4 Å². The first-order valence-corrected chi connectivity index (χ1v) is 6.09. The van der Waals surface area contributed by atoms with E-state index in [4.69, 9.17) is 8.92 Å². The Hall–Kier alpha value is -0.0700. The molecular formula is C9H15F3O2S. The minimum Gasteiger partial charge on any atom is -0.376 e. The van der Waals surface area contributed by atoms with Crippen molar-refractivity contribution < 1.29 is 22.1 Å². The van der Waals surface area contributed by atoms with Gasteiger partial charge in [-0.2, -0.15) is 13.2 Å². The van der Waals surface area contributed by atoms with E-state index >= 15 is 0 Å². The van der Waals surface area contributed by atoms with Crippen molar-refractivity contribution in [1.29, 1.82) is 0 Å². The molecule has 2 nitrogen and oxygen atoms in total. The number of rotatable bonds is 3. The molecule has 0 bridgehead atoms. The van der Waals surface area contributed by atoms with E-state index in [9.17, 15) is 13.2 Å². The molecule has 1 aliphatic heterocycles. The number of ether oxygens (including phenoxy) is 1. The fourth-order valence-corrected chi connectivity index (χ4v) is 2.19. The lowest BCUT2D eigenvalue weighted by Crippen LogP contribution is -2.24. The molecule has 90 valence electrons. The zero-order valence-electron chi connectivity index (χ0n) is 8.55. The van der Waals surface area contributed by atoms with Crippen LogP contribution in [0.1, 0.15) is 26.2 Å². The molecule has 0 N–H and O–H groups in total. The lowest BCUT2D eigenvalue weighted by Gasteiger charge is -2.23. The summed E-state index contributed by atoms with van der Waals surface area (Å²) < 4.78 is 47.0. The van der Waals surface area contributed by atoms with Gasteiger partial charge in [0.1, 0.15) is 0 Å². The fourth-order valence-electron chi connectivity index (χ4n) is 1.36. The molecule has 15 heavy (non-hydrogen) atoms. The minimum atomic E-state index is -4.29. The molecule has 1 unspecified atom stereocenters. The molecule has 0 amide bonds. The lowest BCUT2D eigenvalue weighted by atomic mass is 10.1. The van der Waals surface area contributed by atoms with Crippen LogP contribution in [-0.4, -0.2) is 30.2 Å². The van der Waals surface area contributed by atoms with Crippen LogP contribution in [0, 0.1) is 0 Å². The van der Waals surface area contributed by atoms with Gasteiger partial charge in [-0.1, -0.05) is 0 Å². The Bertz CT molecular complexity index is 222. The zero-order chi connectivity index (χ0) is 11.3. The third-order valence-electron chi connectivity index (χ3n) is 2.10. The van der Waals surface area contributed by atoms with E-state index < -0.39 is 16.3 Å². The Morgan fingerprint density at radius 1 is 1.47 bits per heavy atom. The number of hydrogen-bond acceptors (Lipinski definition) is 2. The Balaban J connectivity index is 2.34. The summed E-state index contributed by atoms with van der Waals surface area (Å²) in [6.45, 7) is 2.02. The van der Waals surface area contributed by atoms with Crippen LogP contribution in [0.15, 0.2) is 0 Å². The molecule has 0 radical (unpaired) electrons. The van der Waals surface area contributed by atoms with E-state index in [1.54, 1.807) is 0 Å². The van der Waals surface area contributed by atoms with Gasteiger partial charge in [-0.3, -0.25) is 0 Å². The Morgan fingerprint density at radius 3 is 2.67 bits per heavy atom. The number of halogens is 3. The van der Waals surface area contributed by atoms with Crippen LogP contribution < -0.4 is 0 Å². The highest BCUT2D eigenvalue weighted by atomic mass is 32.2. The van der Waals surface area contributed by atoms with Crippen molar-refractivity contribution in [2.75, 3.05) is 13.2 Å². The molecule has 1 saturated heterocycles. The van der Waals surface area contributed by atoms with Gasteiger partial charge >= 0.3 is 5.51 Å². The summed E-state index contributed by atoms with van der Waals surface area (Å²) in [6.07, 6.45) is 2.61. The van der Waals surface area contributed by atoms with Crippen molar-refractivity contribution in [3.05, 3.63) is 0 Å². The van der Waals surface area contributed by atoms with Gasteiger partial charge in [0.05, 0.1) is 12.7 Å². The molecule has 0 aromatic carbocycles. The van der Waals surface area contributed by atoms with Gasteiger partial charge in [-0.05, 0) is 31.6 Å². The number of alkyl halides is 3. The van der Waals surface area contributed by atoms with Gasteiger partial charge in [0.25, 0.3) is 0 Å². The van der Waals surface area contributed by atoms with E-state index in [2.05, 4.69) is 0 Å². The van der Waals surface area contributed by atoms with Crippen molar-refractivity contribution in [2.45, 2.75) is 37.8 Å². The molecule has 1 aliphatic rings. The molecule has 1 rings (SSSR count). The Labute approximate surface area is 89.9 Å². The summed E-state index contributed by atoms with van der Waals surface area (Å²) in [5.74, 6) is 0. The van der Waals surface area contributed by atoms with Crippen LogP contribution in [0.5, 0.6) is 0 Å². The second-order valence-corrected chi connectivity index (χ2v) is 5.02. The summed E-state index contributed by atoms with van der Waals surface area (Å²) >= 11 is 0. The van der Waals surface area contributed by atoms with Crippen molar-refractivity contribution in [3.63, 3.8) is 0 Å². The Kier molecular flexibility index (Phi) is 5.08. The minimum absolute atomic E-state index is 0.0347. The van der Waals surface area contributed by atoms with E-state index in [0.717, 1.165) is 24.6 Å². The first-order valence-electron chi connectivity index (χ1n) is 4.88. The van der Waals surface area contributed by atoms with Crippen molar-refractivity contribution >= 4 is 16.1 Å². The SMILES string of the molecule is C/C=S(/OC[C@H]1CCCCO1)C(F)(F)F. The average molecular weight is 244 g/mol. The summed E-state index contributed by atoms with van der Waals surface area (Å²) in [6, 6.07) is 0. The second kappa shape index (κ2) is 5.86. The predicted molar refractivity (Wildman–Crippen MR) is 54.9 cm³/mol. The van der Waals surface area contributed by atoms with Crippen molar-refractivity contribution in [1.82, 2.24) is 0 Å². The largest absolute Gasteiger partial charge is 0.460 e. The fraction of sp³-hybridized carbons (Fsp3) is 0.889. The molecule has 0 aromatic heterocycles. The summed E-state index contributed by atoms with van der Waals surface area (Å²) in [4.78, 5) is 0. The molecule has 0 saturated carbocycles. The van der Waals surface area contributed by atoms with Crippen molar-refractivity contribution in [2.24, 2.45) is 0 Å². The first kappa shape index (κ1) is 13.0. The molecule has 0 spiro atoms. The summed E-state index contributed by atoms with van der Waals surface area (Å²) in [5.41, 5.74) is -4.29. The maximum Gasteiger partial charge on any atom is 0.460 e. The third-order valence-corrected chi connectivity index (χ3v) is 3.37. The van der Waals surface area contributed by atoms with Crippen molar-refractivity contribution in [3.8, 4) is 0 Å².